The Kier molecular flexibility index (Phi) is 3.66. The van der Waals surface area contributed by atoms with Gasteiger partial charge in [-0.3, -0.25) is 10.1 Å². The number of aryl methyl sites for hydroxylation is 1. The molecule has 98 valence electrons. The van der Waals surface area contributed by atoms with Gasteiger partial charge in [0.15, 0.2) is 5.75 Å². The summed E-state index contributed by atoms with van der Waals surface area (Å²) in [5.74, 6) is 0.686. The maximum atomic E-state index is 11.0. The number of nitrogens with zero attached hydrogens (tertiary/aromatic N) is 1. The fourth-order valence-electron chi connectivity index (χ4n) is 1.86. The first-order chi connectivity index (χ1) is 8.58. The van der Waals surface area contributed by atoms with Gasteiger partial charge in [-0.25, -0.2) is 0 Å². The van der Waals surface area contributed by atoms with E-state index < -0.39 is 4.92 Å². The van der Waals surface area contributed by atoms with Gasteiger partial charge < -0.3 is 15.2 Å². The van der Waals surface area contributed by atoms with E-state index in [1.165, 1.54) is 6.07 Å². The molecule has 0 aromatic heterocycles. The number of hydrogen-bond acceptors (Lipinski definition) is 5. The van der Waals surface area contributed by atoms with Gasteiger partial charge in [-0.05, 0) is 31.4 Å². The second kappa shape index (κ2) is 5.22. The smallest absolute Gasteiger partial charge is 0.315 e. The second-order valence-electron chi connectivity index (χ2n) is 4.41. The average molecular weight is 252 g/mol. The molecule has 1 aliphatic heterocycles. The molecule has 6 nitrogen and oxygen atoms in total. The SMILES string of the molecule is CC(N)CCc1cc2c(c([N+](=O)[O-])c1)OCCO2. The van der Waals surface area contributed by atoms with Crippen LogP contribution >= 0.6 is 0 Å². The summed E-state index contributed by atoms with van der Waals surface area (Å²) in [5.41, 5.74) is 6.50. The molecule has 0 aliphatic carbocycles. The Morgan fingerprint density at radius 3 is 2.83 bits per heavy atom. The van der Waals surface area contributed by atoms with E-state index in [2.05, 4.69) is 0 Å². The van der Waals surface area contributed by atoms with Crippen LogP contribution < -0.4 is 15.2 Å². The van der Waals surface area contributed by atoms with Crippen LogP contribution in [0.5, 0.6) is 11.5 Å². The van der Waals surface area contributed by atoms with Crippen molar-refractivity contribution < 1.29 is 14.4 Å². The number of hydrogen-bond donors (Lipinski definition) is 1. The molecular formula is C12H16N2O4. The molecule has 0 spiro atoms. The van der Waals surface area contributed by atoms with Gasteiger partial charge in [0.25, 0.3) is 0 Å². The van der Waals surface area contributed by atoms with Crippen molar-refractivity contribution in [2.75, 3.05) is 13.2 Å². The Morgan fingerprint density at radius 2 is 2.17 bits per heavy atom. The zero-order valence-electron chi connectivity index (χ0n) is 10.2. The molecule has 0 saturated heterocycles. The largest absolute Gasteiger partial charge is 0.486 e. The third kappa shape index (κ3) is 2.70. The van der Waals surface area contributed by atoms with Gasteiger partial charge >= 0.3 is 5.69 Å². The Labute approximate surface area is 105 Å². The van der Waals surface area contributed by atoms with Gasteiger partial charge in [0.1, 0.15) is 13.2 Å². The number of nitrogens with two attached hydrogens (primary N) is 1. The summed E-state index contributed by atoms with van der Waals surface area (Å²) in [6.45, 7) is 2.67. The van der Waals surface area contributed by atoms with Crippen LogP contribution in [-0.2, 0) is 6.42 Å². The highest BCUT2D eigenvalue weighted by atomic mass is 16.6. The summed E-state index contributed by atoms with van der Waals surface area (Å²) < 4.78 is 10.7. The van der Waals surface area contributed by atoms with Gasteiger partial charge in [-0.15, -0.1) is 0 Å². The van der Waals surface area contributed by atoms with Crippen LogP contribution in [0.3, 0.4) is 0 Å². The minimum absolute atomic E-state index is 0.0353. The predicted octanol–water partition coefficient (Wildman–Crippen LogP) is 1.65. The summed E-state index contributed by atoms with van der Waals surface area (Å²) in [6.07, 6.45) is 1.46. The number of rotatable bonds is 4. The number of nitro groups is 1. The number of benzene rings is 1. The molecule has 2 N–H and O–H groups in total. The molecular weight excluding hydrogens is 236 g/mol. The Bertz CT molecular complexity index is 460. The Morgan fingerprint density at radius 1 is 1.44 bits per heavy atom. The van der Waals surface area contributed by atoms with E-state index in [9.17, 15) is 10.1 Å². The van der Waals surface area contributed by atoms with Crippen molar-refractivity contribution in [1.29, 1.82) is 0 Å². The topological polar surface area (TPSA) is 87.6 Å². The lowest BCUT2D eigenvalue weighted by Gasteiger charge is -2.19. The molecule has 0 fully saturated rings. The number of nitro benzene ring substituents is 1. The lowest BCUT2D eigenvalue weighted by Crippen LogP contribution is -2.17. The molecule has 0 amide bonds. The summed E-state index contributed by atoms with van der Waals surface area (Å²) in [4.78, 5) is 10.6. The molecule has 1 aromatic rings. The fourth-order valence-corrected chi connectivity index (χ4v) is 1.86. The molecule has 1 aliphatic rings. The summed E-state index contributed by atoms with van der Waals surface area (Å²) >= 11 is 0. The average Bonchev–Trinajstić information content (AvgIpc) is 2.35. The van der Waals surface area contributed by atoms with E-state index in [1.54, 1.807) is 6.07 Å². The lowest BCUT2D eigenvalue weighted by atomic mass is 10.0. The molecule has 1 unspecified atom stereocenters. The van der Waals surface area contributed by atoms with E-state index in [-0.39, 0.29) is 17.5 Å². The van der Waals surface area contributed by atoms with Crippen molar-refractivity contribution in [3.05, 3.63) is 27.8 Å². The lowest BCUT2D eigenvalue weighted by molar-refractivity contribution is -0.386. The van der Waals surface area contributed by atoms with Gasteiger partial charge in [0.2, 0.25) is 5.75 Å². The van der Waals surface area contributed by atoms with E-state index in [1.807, 2.05) is 6.92 Å². The minimum Gasteiger partial charge on any atom is -0.486 e. The highest BCUT2D eigenvalue weighted by Crippen LogP contribution is 2.40. The summed E-state index contributed by atoms with van der Waals surface area (Å²) in [5, 5.41) is 11.0. The van der Waals surface area contributed by atoms with Gasteiger partial charge in [0, 0.05) is 12.1 Å². The molecule has 0 saturated carbocycles. The molecule has 1 heterocycles. The first kappa shape index (κ1) is 12.6. The number of ether oxygens (including phenoxy) is 2. The van der Waals surface area contributed by atoms with Crippen LogP contribution in [0.25, 0.3) is 0 Å². The van der Waals surface area contributed by atoms with Crippen molar-refractivity contribution in [2.45, 2.75) is 25.8 Å². The van der Waals surface area contributed by atoms with E-state index in [0.717, 1.165) is 12.0 Å². The minimum atomic E-state index is -0.442. The maximum Gasteiger partial charge on any atom is 0.315 e. The zero-order valence-corrected chi connectivity index (χ0v) is 10.2. The highest BCUT2D eigenvalue weighted by molar-refractivity contribution is 5.58. The van der Waals surface area contributed by atoms with Gasteiger partial charge in [-0.1, -0.05) is 0 Å². The molecule has 6 heteroatoms. The van der Waals surface area contributed by atoms with Crippen molar-refractivity contribution >= 4 is 5.69 Å². The van der Waals surface area contributed by atoms with Crippen molar-refractivity contribution in [2.24, 2.45) is 5.73 Å². The van der Waals surface area contributed by atoms with E-state index >= 15 is 0 Å². The fraction of sp³-hybridized carbons (Fsp3) is 0.500. The standard InChI is InChI=1S/C12H16N2O4/c1-8(13)2-3-9-6-10(14(15)16)12-11(7-9)17-4-5-18-12/h6-8H,2-5,13H2,1H3. The molecule has 18 heavy (non-hydrogen) atoms. The highest BCUT2D eigenvalue weighted by Gasteiger charge is 2.25. The normalized spacial score (nSPS) is 15.2. The van der Waals surface area contributed by atoms with Crippen LogP contribution in [0.1, 0.15) is 18.9 Å². The van der Waals surface area contributed by atoms with Crippen LogP contribution in [0.4, 0.5) is 5.69 Å². The van der Waals surface area contributed by atoms with Crippen molar-refractivity contribution in [3.63, 3.8) is 0 Å². The third-order valence-electron chi connectivity index (χ3n) is 2.77. The van der Waals surface area contributed by atoms with Crippen molar-refractivity contribution in [3.8, 4) is 11.5 Å². The summed E-state index contributed by atoms with van der Waals surface area (Å²) in [6, 6.07) is 3.40. The second-order valence-corrected chi connectivity index (χ2v) is 4.41. The van der Waals surface area contributed by atoms with Crippen LogP contribution in [0.15, 0.2) is 12.1 Å². The van der Waals surface area contributed by atoms with Crippen LogP contribution in [-0.4, -0.2) is 24.2 Å². The van der Waals surface area contributed by atoms with Crippen molar-refractivity contribution in [1.82, 2.24) is 0 Å². The quantitative estimate of drug-likeness (QED) is 0.650. The summed E-state index contributed by atoms with van der Waals surface area (Å²) in [7, 11) is 0. The Balaban J connectivity index is 2.32. The van der Waals surface area contributed by atoms with Gasteiger partial charge in [-0.2, -0.15) is 0 Å². The van der Waals surface area contributed by atoms with Crippen LogP contribution in [0, 0.1) is 10.1 Å². The van der Waals surface area contributed by atoms with Gasteiger partial charge in [0.05, 0.1) is 4.92 Å². The Hall–Kier alpha value is -1.82. The van der Waals surface area contributed by atoms with E-state index in [4.69, 9.17) is 15.2 Å². The van der Waals surface area contributed by atoms with Crippen LogP contribution in [0.2, 0.25) is 0 Å². The first-order valence-corrected chi connectivity index (χ1v) is 5.90. The predicted molar refractivity (Wildman–Crippen MR) is 66.1 cm³/mol. The molecule has 2 rings (SSSR count). The third-order valence-corrected chi connectivity index (χ3v) is 2.77. The molecule has 1 aromatic carbocycles. The molecule has 0 radical (unpaired) electrons. The maximum absolute atomic E-state index is 11.0. The number of fused-ring (bicyclic) bond motifs is 1. The first-order valence-electron chi connectivity index (χ1n) is 5.90. The molecule has 0 bridgehead atoms. The van der Waals surface area contributed by atoms with E-state index in [0.29, 0.717) is 25.4 Å². The zero-order chi connectivity index (χ0) is 13.1. The monoisotopic (exact) mass is 252 g/mol. The molecule has 1 atom stereocenters.